The first kappa shape index (κ1) is 14.7. The Kier molecular flexibility index (Phi) is 4.43. The molecule has 2 rings (SSSR count). The highest BCUT2D eigenvalue weighted by atomic mass is 35.5. The zero-order valence-electron chi connectivity index (χ0n) is 10.9. The number of halogens is 1. The molecular weight excluding hydrogens is 286 g/mol. The summed E-state index contributed by atoms with van der Waals surface area (Å²) in [5.74, 6) is 0. The third kappa shape index (κ3) is 3.87. The fourth-order valence-electron chi connectivity index (χ4n) is 2.37. The van der Waals surface area contributed by atoms with E-state index in [-0.39, 0.29) is 15.6 Å². The van der Waals surface area contributed by atoms with Crippen molar-refractivity contribution in [3.05, 3.63) is 17.7 Å². The Balaban J connectivity index is 2.03. The van der Waals surface area contributed by atoms with E-state index < -0.39 is 10.0 Å². The Morgan fingerprint density at radius 1 is 1.26 bits per heavy atom. The standard InChI is InChI=1S/C12H18ClN3O2S/c1-12(5-3-2-4-6-12)9-16-19(17,18)10-7-14-11(13)15-8-10/h7-8,16H,2-6,9H2,1H3. The summed E-state index contributed by atoms with van der Waals surface area (Å²) < 4.78 is 26.8. The second-order valence-electron chi connectivity index (χ2n) is 5.38. The molecule has 106 valence electrons. The van der Waals surface area contributed by atoms with Crippen molar-refractivity contribution in [2.75, 3.05) is 6.54 Å². The largest absolute Gasteiger partial charge is 0.243 e. The Labute approximate surface area is 118 Å². The molecule has 5 nitrogen and oxygen atoms in total. The van der Waals surface area contributed by atoms with Gasteiger partial charge in [0.15, 0.2) is 0 Å². The van der Waals surface area contributed by atoms with Crippen molar-refractivity contribution in [1.82, 2.24) is 14.7 Å². The summed E-state index contributed by atoms with van der Waals surface area (Å²) in [4.78, 5) is 7.44. The fraction of sp³-hybridized carbons (Fsp3) is 0.667. The fourth-order valence-corrected chi connectivity index (χ4v) is 3.56. The van der Waals surface area contributed by atoms with Crippen LogP contribution in [-0.2, 0) is 10.0 Å². The smallest absolute Gasteiger partial charge is 0.225 e. The molecule has 19 heavy (non-hydrogen) atoms. The van der Waals surface area contributed by atoms with Gasteiger partial charge in [0.25, 0.3) is 0 Å². The Morgan fingerprint density at radius 3 is 2.42 bits per heavy atom. The summed E-state index contributed by atoms with van der Waals surface area (Å²) in [6, 6.07) is 0. The quantitative estimate of drug-likeness (QED) is 0.867. The van der Waals surface area contributed by atoms with Crippen LogP contribution in [0, 0.1) is 5.41 Å². The molecule has 0 spiro atoms. The highest BCUT2D eigenvalue weighted by Crippen LogP contribution is 2.35. The van der Waals surface area contributed by atoms with Gasteiger partial charge in [-0.2, -0.15) is 0 Å². The molecule has 0 bridgehead atoms. The van der Waals surface area contributed by atoms with Crippen LogP contribution in [0.15, 0.2) is 17.3 Å². The van der Waals surface area contributed by atoms with E-state index in [0.29, 0.717) is 6.54 Å². The second-order valence-corrected chi connectivity index (χ2v) is 7.49. The number of hydrogen-bond donors (Lipinski definition) is 1. The lowest BCUT2D eigenvalue weighted by Gasteiger charge is -2.33. The van der Waals surface area contributed by atoms with Gasteiger partial charge in [0.2, 0.25) is 15.3 Å². The van der Waals surface area contributed by atoms with Crippen molar-refractivity contribution >= 4 is 21.6 Å². The lowest BCUT2D eigenvalue weighted by molar-refractivity contribution is 0.219. The van der Waals surface area contributed by atoms with Crippen molar-refractivity contribution < 1.29 is 8.42 Å². The molecule has 1 heterocycles. The maximum absolute atomic E-state index is 12.1. The molecule has 1 aromatic heterocycles. The van der Waals surface area contributed by atoms with E-state index in [0.717, 1.165) is 12.8 Å². The first-order chi connectivity index (χ1) is 8.91. The van der Waals surface area contributed by atoms with Crippen LogP contribution in [-0.4, -0.2) is 24.9 Å². The van der Waals surface area contributed by atoms with E-state index in [1.165, 1.54) is 31.7 Å². The SMILES string of the molecule is CC1(CNS(=O)(=O)c2cnc(Cl)nc2)CCCCC1. The van der Waals surface area contributed by atoms with Gasteiger partial charge in [-0.15, -0.1) is 0 Å². The molecule has 0 amide bonds. The highest BCUT2D eigenvalue weighted by molar-refractivity contribution is 7.89. The second kappa shape index (κ2) is 5.73. The average Bonchev–Trinajstić information content (AvgIpc) is 2.38. The predicted octanol–water partition coefficient (Wildman–Crippen LogP) is 2.38. The minimum absolute atomic E-state index is 0.0400. The van der Waals surface area contributed by atoms with E-state index >= 15 is 0 Å². The summed E-state index contributed by atoms with van der Waals surface area (Å²) in [7, 11) is -3.55. The van der Waals surface area contributed by atoms with Gasteiger partial charge in [0.1, 0.15) is 4.90 Å². The van der Waals surface area contributed by atoms with Gasteiger partial charge >= 0.3 is 0 Å². The number of nitrogens with zero attached hydrogens (tertiary/aromatic N) is 2. The summed E-state index contributed by atoms with van der Waals surface area (Å²) >= 11 is 5.55. The highest BCUT2D eigenvalue weighted by Gasteiger charge is 2.28. The molecule has 1 aromatic rings. The molecule has 1 aliphatic carbocycles. The van der Waals surface area contributed by atoms with Crippen molar-refractivity contribution in [2.24, 2.45) is 5.41 Å². The Morgan fingerprint density at radius 2 is 1.84 bits per heavy atom. The molecule has 0 aromatic carbocycles. The monoisotopic (exact) mass is 303 g/mol. The third-order valence-electron chi connectivity index (χ3n) is 3.66. The first-order valence-corrected chi connectivity index (χ1v) is 8.25. The van der Waals surface area contributed by atoms with E-state index in [1.807, 2.05) is 0 Å². The summed E-state index contributed by atoms with van der Waals surface area (Å²) in [5.41, 5.74) is 0.0542. The molecule has 1 fully saturated rings. The van der Waals surface area contributed by atoms with Crippen LogP contribution in [0.2, 0.25) is 5.28 Å². The molecule has 1 aliphatic rings. The van der Waals surface area contributed by atoms with Gasteiger partial charge in [-0.1, -0.05) is 26.2 Å². The number of nitrogens with one attached hydrogen (secondary N) is 1. The lowest BCUT2D eigenvalue weighted by atomic mass is 9.76. The van der Waals surface area contributed by atoms with Crippen LogP contribution in [0.3, 0.4) is 0 Å². The van der Waals surface area contributed by atoms with Crippen molar-refractivity contribution in [1.29, 1.82) is 0 Å². The molecule has 0 atom stereocenters. The van der Waals surface area contributed by atoms with E-state index in [1.54, 1.807) is 0 Å². The van der Waals surface area contributed by atoms with Gasteiger partial charge in [0.05, 0.1) is 12.4 Å². The van der Waals surface area contributed by atoms with Gasteiger partial charge in [-0.3, -0.25) is 0 Å². The van der Waals surface area contributed by atoms with Crippen LogP contribution in [0.25, 0.3) is 0 Å². The molecule has 0 radical (unpaired) electrons. The van der Waals surface area contributed by atoms with Gasteiger partial charge in [-0.25, -0.2) is 23.1 Å². The molecular formula is C12H18ClN3O2S. The summed E-state index contributed by atoms with van der Waals surface area (Å²) in [6.07, 6.45) is 8.15. The molecule has 7 heteroatoms. The third-order valence-corrected chi connectivity index (χ3v) is 5.21. The lowest BCUT2D eigenvalue weighted by Crippen LogP contribution is -2.37. The van der Waals surface area contributed by atoms with Crippen molar-refractivity contribution in [2.45, 2.75) is 43.9 Å². The minimum atomic E-state index is -3.55. The van der Waals surface area contributed by atoms with Gasteiger partial charge < -0.3 is 0 Å². The van der Waals surface area contributed by atoms with Crippen LogP contribution < -0.4 is 4.72 Å². The Hall–Kier alpha value is -0.720. The number of hydrogen-bond acceptors (Lipinski definition) is 4. The normalized spacial score (nSPS) is 19.3. The predicted molar refractivity (Wildman–Crippen MR) is 73.4 cm³/mol. The minimum Gasteiger partial charge on any atom is -0.225 e. The van der Waals surface area contributed by atoms with Crippen LogP contribution in [0.5, 0.6) is 0 Å². The molecule has 1 saturated carbocycles. The van der Waals surface area contributed by atoms with Crippen LogP contribution in [0.4, 0.5) is 0 Å². The van der Waals surface area contributed by atoms with Gasteiger partial charge in [0, 0.05) is 6.54 Å². The van der Waals surface area contributed by atoms with E-state index in [4.69, 9.17) is 11.6 Å². The molecule has 1 N–H and O–H groups in total. The molecule has 0 aliphatic heterocycles. The average molecular weight is 304 g/mol. The van der Waals surface area contributed by atoms with Crippen LogP contribution >= 0.6 is 11.6 Å². The number of aromatic nitrogens is 2. The van der Waals surface area contributed by atoms with E-state index in [9.17, 15) is 8.42 Å². The summed E-state index contributed by atoms with van der Waals surface area (Å²) in [6.45, 7) is 2.59. The van der Waals surface area contributed by atoms with Crippen molar-refractivity contribution in [3.63, 3.8) is 0 Å². The molecule has 0 saturated heterocycles. The summed E-state index contributed by atoms with van der Waals surface area (Å²) in [5, 5.41) is 0.0400. The number of rotatable bonds is 4. The Bertz CT molecular complexity index is 524. The van der Waals surface area contributed by atoms with Crippen LogP contribution in [0.1, 0.15) is 39.0 Å². The number of sulfonamides is 1. The molecule has 0 unspecified atom stereocenters. The maximum Gasteiger partial charge on any atom is 0.243 e. The zero-order valence-corrected chi connectivity index (χ0v) is 12.5. The maximum atomic E-state index is 12.1. The topological polar surface area (TPSA) is 72.0 Å². The van der Waals surface area contributed by atoms with E-state index in [2.05, 4.69) is 21.6 Å². The van der Waals surface area contributed by atoms with Gasteiger partial charge in [-0.05, 0) is 29.9 Å². The van der Waals surface area contributed by atoms with Crippen molar-refractivity contribution in [3.8, 4) is 0 Å². The first-order valence-electron chi connectivity index (χ1n) is 6.39. The zero-order chi connectivity index (χ0) is 13.9.